The van der Waals surface area contributed by atoms with Gasteiger partial charge in [0.25, 0.3) is 0 Å². The van der Waals surface area contributed by atoms with Gasteiger partial charge < -0.3 is 19.9 Å². The molecule has 1 aliphatic rings. The van der Waals surface area contributed by atoms with E-state index in [1.807, 2.05) is 24.8 Å². The highest BCUT2D eigenvalue weighted by Crippen LogP contribution is 2.36. The van der Waals surface area contributed by atoms with Gasteiger partial charge in [-0.25, -0.2) is 9.78 Å². The number of fused-ring (bicyclic) bond motifs is 1. The standard InChI is InChI=1S/C23H28N4O3S2/c1-13(2)20(26-23(29)30-3)22(28)27-9-5-6-18(27)21-24-16-8-7-14(10-17(16)25-21)15-11-32-12-19(15)31-4/h7-8,10-13,18,20H,5-6,9H2,1-4H3,(H,24,25)(H,26,29). The first kappa shape index (κ1) is 22.7. The number of hydrogen-bond acceptors (Lipinski definition) is 6. The number of carbonyl (C=O) groups excluding carboxylic acids is 2. The number of methoxy groups -OCH3 is 1. The smallest absolute Gasteiger partial charge is 0.407 e. The first-order chi connectivity index (χ1) is 15.4. The number of H-pyrrole nitrogens is 1. The van der Waals surface area contributed by atoms with Crippen LogP contribution < -0.4 is 5.32 Å². The molecule has 4 rings (SSSR count). The Hall–Kier alpha value is -2.52. The fourth-order valence-electron chi connectivity index (χ4n) is 4.20. The van der Waals surface area contributed by atoms with Crippen molar-refractivity contribution in [3.8, 4) is 11.1 Å². The van der Waals surface area contributed by atoms with Gasteiger partial charge in [0.05, 0.1) is 24.2 Å². The summed E-state index contributed by atoms with van der Waals surface area (Å²) in [4.78, 5) is 36.5. The molecule has 1 aliphatic heterocycles. The number of ether oxygens (including phenoxy) is 1. The van der Waals surface area contributed by atoms with Crippen molar-refractivity contribution in [3.05, 3.63) is 34.8 Å². The fraction of sp³-hybridized carbons (Fsp3) is 0.435. The molecule has 3 heterocycles. The average molecular weight is 473 g/mol. The van der Waals surface area contributed by atoms with Crippen molar-refractivity contribution < 1.29 is 14.3 Å². The Kier molecular flexibility index (Phi) is 6.76. The molecule has 0 aliphatic carbocycles. The van der Waals surface area contributed by atoms with Crippen LogP contribution in [0.4, 0.5) is 4.79 Å². The summed E-state index contributed by atoms with van der Waals surface area (Å²) in [6, 6.07) is 5.49. The molecule has 170 valence electrons. The second kappa shape index (κ2) is 9.54. The van der Waals surface area contributed by atoms with E-state index in [1.165, 1.54) is 17.6 Å². The summed E-state index contributed by atoms with van der Waals surface area (Å²) in [5.41, 5.74) is 4.23. The number of aromatic amines is 1. The molecule has 1 aromatic carbocycles. The second-order valence-electron chi connectivity index (χ2n) is 8.26. The number of imidazole rings is 1. The maximum absolute atomic E-state index is 13.3. The molecule has 1 saturated heterocycles. The normalized spacial score (nSPS) is 17.2. The Bertz CT molecular complexity index is 1120. The summed E-state index contributed by atoms with van der Waals surface area (Å²) in [5, 5.41) is 7.02. The van der Waals surface area contributed by atoms with E-state index in [0.29, 0.717) is 6.54 Å². The van der Waals surface area contributed by atoms with Gasteiger partial charge in [0.2, 0.25) is 5.91 Å². The van der Waals surface area contributed by atoms with E-state index in [1.54, 1.807) is 23.1 Å². The first-order valence-electron chi connectivity index (χ1n) is 10.7. The third kappa shape index (κ3) is 4.36. The zero-order valence-electron chi connectivity index (χ0n) is 18.7. The molecule has 2 N–H and O–H groups in total. The van der Waals surface area contributed by atoms with Crippen LogP contribution in [0.15, 0.2) is 33.9 Å². The van der Waals surface area contributed by atoms with Crippen LogP contribution in [0, 0.1) is 5.92 Å². The number of benzene rings is 1. The highest BCUT2D eigenvalue weighted by atomic mass is 32.2. The molecule has 7 nitrogen and oxygen atoms in total. The van der Waals surface area contributed by atoms with Crippen LogP contribution in [-0.2, 0) is 9.53 Å². The van der Waals surface area contributed by atoms with E-state index >= 15 is 0 Å². The molecule has 1 fully saturated rings. The zero-order chi connectivity index (χ0) is 22.8. The van der Waals surface area contributed by atoms with Crippen molar-refractivity contribution >= 4 is 46.1 Å². The molecular formula is C23H28N4O3S2. The number of nitrogens with one attached hydrogen (secondary N) is 2. The second-order valence-corrected chi connectivity index (χ2v) is 9.85. The third-order valence-corrected chi connectivity index (χ3v) is 7.57. The molecule has 9 heteroatoms. The molecule has 3 aromatic rings. The van der Waals surface area contributed by atoms with Gasteiger partial charge >= 0.3 is 6.09 Å². The number of nitrogens with zero attached hydrogens (tertiary/aromatic N) is 2. The maximum atomic E-state index is 13.3. The maximum Gasteiger partial charge on any atom is 0.407 e. The number of carbonyl (C=O) groups is 2. The molecule has 2 unspecified atom stereocenters. The molecule has 2 atom stereocenters. The monoisotopic (exact) mass is 472 g/mol. The van der Waals surface area contributed by atoms with Gasteiger partial charge in [-0.15, -0.1) is 11.8 Å². The van der Waals surface area contributed by atoms with Gasteiger partial charge in [-0.05, 0) is 48.1 Å². The van der Waals surface area contributed by atoms with Gasteiger partial charge in [-0.3, -0.25) is 4.79 Å². The number of likely N-dealkylation sites (tertiary alicyclic amines) is 1. The Morgan fingerprint density at radius 3 is 2.88 bits per heavy atom. The van der Waals surface area contributed by atoms with E-state index < -0.39 is 12.1 Å². The summed E-state index contributed by atoms with van der Waals surface area (Å²) < 4.78 is 4.71. The fourth-order valence-corrected chi connectivity index (χ4v) is 5.94. The minimum atomic E-state index is -0.636. The van der Waals surface area contributed by atoms with Crippen LogP contribution in [-0.4, -0.2) is 52.8 Å². The molecular weight excluding hydrogens is 444 g/mol. The van der Waals surface area contributed by atoms with Gasteiger partial charge in [0, 0.05) is 22.4 Å². The quantitative estimate of drug-likeness (QED) is 0.490. The summed E-state index contributed by atoms with van der Waals surface area (Å²) in [5.74, 6) is 0.633. The first-order valence-corrected chi connectivity index (χ1v) is 12.8. The molecule has 2 amide bonds. The highest BCUT2D eigenvalue weighted by Gasteiger charge is 2.37. The van der Waals surface area contributed by atoms with E-state index in [9.17, 15) is 9.59 Å². The van der Waals surface area contributed by atoms with Crippen molar-refractivity contribution in [2.24, 2.45) is 5.92 Å². The molecule has 32 heavy (non-hydrogen) atoms. The Labute approximate surface area is 195 Å². The lowest BCUT2D eigenvalue weighted by atomic mass is 10.0. The number of rotatable bonds is 6. The van der Waals surface area contributed by atoms with E-state index in [0.717, 1.165) is 35.3 Å². The molecule has 0 saturated carbocycles. The van der Waals surface area contributed by atoms with Crippen LogP contribution in [0.1, 0.15) is 38.6 Å². The SMILES string of the molecule is COC(=O)NC(C(=O)N1CCCC1c1nc2ccc(-c3cscc3SC)cc2[nH]1)C(C)C. The van der Waals surface area contributed by atoms with Crippen molar-refractivity contribution in [2.75, 3.05) is 19.9 Å². The summed E-state index contributed by atoms with van der Waals surface area (Å²) in [6.45, 7) is 4.48. The number of aromatic nitrogens is 2. The van der Waals surface area contributed by atoms with Crippen molar-refractivity contribution in [2.45, 2.75) is 43.7 Å². The average Bonchev–Trinajstić information content (AvgIpc) is 3.53. The minimum Gasteiger partial charge on any atom is -0.453 e. The topological polar surface area (TPSA) is 87.3 Å². The minimum absolute atomic E-state index is 0.0580. The summed E-state index contributed by atoms with van der Waals surface area (Å²) in [6.07, 6.45) is 3.22. The molecule has 0 spiro atoms. The summed E-state index contributed by atoms with van der Waals surface area (Å²) >= 11 is 3.44. The lowest BCUT2D eigenvalue weighted by Crippen LogP contribution is -2.51. The van der Waals surface area contributed by atoms with Crippen molar-refractivity contribution in [1.82, 2.24) is 20.2 Å². The van der Waals surface area contributed by atoms with Gasteiger partial charge in [0.1, 0.15) is 11.9 Å². The van der Waals surface area contributed by atoms with Crippen LogP contribution in [0.5, 0.6) is 0 Å². The van der Waals surface area contributed by atoms with Crippen LogP contribution in [0.25, 0.3) is 22.2 Å². The van der Waals surface area contributed by atoms with E-state index in [4.69, 9.17) is 9.72 Å². The molecule has 0 bridgehead atoms. The molecule has 2 aromatic heterocycles. The van der Waals surface area contributed by atoms with Crippen LogP contribution in [0.2, 0.25) is 0 Å². The Morgan fingerprint density at radius 2 is 2.16 bits per heavy atom. The Balaban J connectivity index is 1.61. The van der Waals surface area contributed by atoms with Crippen LogP contribution >= 0.6 is 23.1 Å². The zero-order valence-corrected chi connectivity index (χ0v) is 20.3. The van der Waals surface area contributed by atoms with Crippen LogP contribution in [0.3, 0.4) is 0 Å². The lowest BCUT2D eigenvalue weighted by Gasteiger charge is -2.29. The van der Waals surface area contributed by atoms with Gasteiger partial charge in [-0.1, -0.05) is 19.9 Å². The van der Waals surface area contributed by atoms with Crippen molar-refractivity contribution in [3.63, 3.8) is 0 Å². The number of alkyl carbamates (subject to hydrolysis) is 1. The predicted molar refractivity (Wildman–Crippen MR) is 129 cm³/mol. The van der Waals surface area contributed by atoms with E-state index in [2.05, 4.69) is 39.4 Å². The van der Waals surface area contributed by atoms with Gasteiger partial charge in [-0.2, -0.15) is 11.3 Å². The van der Waals surface area contributed by atoms with Crippen molar-refractivity contribution in [1.29, 1.82) is 0 Å². The lowest BCUT2D eigenvalue weighted by molar-refractivity contribution is -0.135. The number of hydrogen-bond donors (Lipinski definition) is 2. The number of thioether (sulfide) groups is 1. The Morgan fingerprint density at radius 1 is 1.34 bits per heavy atom. The molecule has 0 radical (unpaired) electrons. The van der Waals surface area contributed by atoms with Gasteiger partial charge in [0.15, 0.2) is 0 Å². The largest absolute Gasteiger partial charge is 0.453 e. The van der Waals surface area contributed by atoms with E-state index in [-0.39, 0.29) is 17.9 Å². The summed E-state index contributed by atoms with van der Waals surface area (Å²) in [7, 11) is 1.30. The predicted octanol–water partition coefficient (Wildman–Crippen LogP) is 5.06. The number of thiophene rings is 1. The third-order valence-electron chi connectivity index (χ3n) is 5.90. The number of amides is 2. The highest BCUT2D eigenvalue weighted by molar-refractivity contribution is 7.98.